The third-order valence-electron chi connectivity index (χ3n) is 4.34. The molecule has 0 amide bonds. The minimum absolute atomic E-state index is 0.584. The van der Waals surface area contributed by atoms with Gasteiger partial charge in [0.05, 0.1) is 0 Å². The zero-order chi connectivity index (χ0) is 16.4. The van der Waals surface area contributed by atoms with Crippen molar-refractivity contribution in [2.24, 2.45) is 5.92 Å². The number of halogens is 1. The standard InChI is InChI=1S/C17H22ClN5/c1-11-5-4-8-23(9-11)17-15(19)16(20-10-21-17)22-14-7-3-6-13(18)12(14)2/h3,6-7,10-11H,4-5,8-9,19H2,1-2H3,(H,20,21,22). The first-order valence-electron chi connectivity index (χ1n) is 7.94. The summed E-state index contributed by atoms with van der Waals surface area (Å²) < 4.78 is 0. The van der Waals surface area contributed by atoms with Crippen LogP contribution in [0.5, 0.6) is 0 Å². The monoisotopic (exact) mass is 331 g/mol. The number of nitrogens with one attached hydrogen (secondary N) is 1. The van der Waals surface area contributed by atoms with E-state index in [0.717, 1.165) is 30.2 Å². The first-order valence-corrected chi connectivity index (χ1v) is 8.31. The van der Waals surface area contributed by atoms with Crippen LogP contribution in [-0.2, 0) is 0 Å². The Bertz CT molecular complexity index is 703. The van der Waals surface area contributed by atoms with Crippen LogP contribution in [0.4, 0.5) is 23.0 Å². The van der Waals surface area contributed by atoms with E-state index in [1.165, 1.54) is 12.8 Å². The van der Waals surface area contributed by atoms with Gasteiger partial charge in [-0.2, -0.15) is 0 Å². The fraction of sp³-hybridized carbons (Fsp3) is 0.412. The summed E-state index contributed by atoms with van der Waals surface area (Å²) in [5.41, 5.74) is 8.79. The van der Waals surface area contributed by atoms with Crippen molar-refractivity contribution in [1.82, 2.24) is 9.97 Å². The topological polar surface area (TPSA) is 67.1 Å². The molecule has 1 aliphatic rings. The summed E-state index contributed by atoms with van der Waals surface area (Å²) >= 11 is 6.18. The van der Waals surface area contributed by atoms with Gasteiger partial charge in [-0.25, -0.2) is 9.97 Å². The van der Waals surface area contributed by atoms with Crippen LogP contribution in [0.15, 0.2) is 24.5 Å². The molecule has 0 saturated carbocycles. The lowest BCUT2D eigenvalue weighted by atomic mass is 10.0. The third-order valence-corrected chi connectivity index (χ3v) is 4.75. The van der Waals surface area contributed by atoms with Crippen LogP contribution >= 0.6 is 11.6 Å². The molecule has 23 heavy (non-hydrogen) atoms. The molecule has 1 fully saturated rings. The number of piperidine rings is 1. The molecule has 1 unspecified atom stereocenters. The van der Waals surface area contributed by atoms with Crippen molar-refractivity contribution in [1.29, 1.82) is 0 Å². The van der Waals surface area contributed by atoms with Crippen LogP contribution in [-0.4, -0.2) is 23.1 Å². The Kier molecular flexibility index (Phi) is 4.57. The summed E-state index contributed by atoms with van der Waals surface area (Å²) in [7, 11) is 0. The van der Waals surface area contributed by atoms with Gasteiger partial charge in [0.25, 0.3) is 0 Å². The number of nitrogens with zero attached hydrogens (tertiary/aromatic N) is 3. The summed E-state index contributed by atoms with van der Waals surface area (Å²) in [5.74, 6) is 2.09. The number of hydrogen-bond acceptors (Lipinski definition) is 5. The largest absolute Gasteiger partial charge is 0.393 e. The Balaban J connectivity index is 1.89. The molecule has 5 nitrogen and oxygen atoms in total. The first-order chi connectivity index (χ1) is 11.1. The molecule has 6 heteroatoms. The molecule has 1 atom stereocenters. The summed E-state index contributed by atoms with van der Waals surface area (Å²) in [4.78, 5) is 11.0. The summed E-state index contributed by atoms with van der Waals surface area (Å²) in [6, 6.07) is 5.74. The zero-order valence-corrected chi connectivity index (χ0v) is 14.3. The van der Waals surface area contributed by atoms with Crippen molar-refractivity contribution in [3.63, 3.8) is 0 Å². The smallest absolute Gasteiger partial charge is 0.159 e. The molecule has 3 N–H and O–H groups in total. The molecule has 2 heterocycles. The third kappa shape index (κ3) is 3.34. The Hall–Kier alpha value is -2.01. The minimum atomic E-state index is 0.584. The number of anilines is 4. The second kappa shape index (κ2) is 6.62. The van der Waals surface area contributed by atoms with Gasteiger partial charge in [0.2, 0.25) is 0 Å². The molecule has 0 aliphatic carbocycles. The average Bonchev–Trinajstić information content (AvgIpc) is 2.53. The highest BCUT2D eigenvalue weighted by molar-refractivity contribution is 6.31. The van der Waals surface area contributed by atoms with Crippen LogP contribution in [0.1, 0.15) is 25.3 Å². The van der Waals surface area contributed by atoms with Crippen molar-refractivity contribution < 1.29 is 0 Å². The van der Waals surface area contributed by atoms with E-state index in [-0.39, 0.29) is 0 Å². The van der Waals surface area contributed by atoms with Crippen molar-refractivity contribution in [2.75, 3.05) is 29.0 Å². The highest BCUT2D eigenvalue weighted by atomic mass is 35.5. The van der Waals surface area contributed by atoms with E-state index in [9.17, 15) is 0 Å². The van der Waals surface area contributed by atoms with Crippen LogP contribution in [0, 0.1) is 12.8 Å². The summed E-state index contributed by atoms with van der Waals surface area (Å²) in [6.45, 7) is 6.20. The fourth-order valence-corrected chi connectivity index (χ4v) is 3.16. The van der Waals surface area contributed by atoms with Crippen molar-refractivity contribution >= 4 is 34.6 Å². The van der Waals surface area contributed by atoms with Gasteiger partial charge in [-0.3, -0.25) is 0 Å². The number of nitrogens with two attached hydrogens (primary N) is 1. The minimum Gasteiger partial charge on any atom is -0.393 e. The molecule has 3 rings (SSSR count). The number of nitrogen functional groups attached to an aromatic ring is 1. The summed E-state index contributed by atoms with van der Waals surface area (Å²) in [5, 5.41) is 4.00. The Morgan fingerprint density at radius 1 is 1.35 bits per heavy atom. The van der Waals surface area contributed by atoms with E-state index in [1.807, 2.05) is 25.1 Å². The molecule has 0 spiro atoms. The van der Waals surface area contributed by atoms with E-state index in [0.29, 0.717) is 22.4 Å². The van der Waals surface area contributed by atoms with Gasteiger partial charge in [-0.15, -0.1) is 0 Å². The van der Waals surface area contributed by atoms with E-state index in [1.54, 1.807) is 6.33 Å². The van der Waals surface area contributed by atoms with Gasteiger partial charge in [-0.1, -0.05) is 24.6 Å². The van der Waals surface area contributed by atoms with Crippen molar-refractivity contribution in [3.8, 4) is 0 Å². The fourth-order valence-electron chi connectivity index (χ4n) is 2.99. The lowest BCUT2D eigenvalue weighted by Gasteiger charge is -2.32. The Labute approximate surface area is 141 Å². The van der Waals surface area contributed by atoms with E-state index in [4.69, 9.17) is 17.3 Å². The quantitative estimate of drug-likeness (QED) is 0.889. The van der Waals surface area contributed by atoms with Crippen LogP contribution in [0.25, 0.3) is 0 Å². The number of aromatic nitrogens is 2. The summed E-state index contributed by atoms with van der Waals surface area (Å²) in [6.07, 6.45) is 3.99. The van der Waals surface area contributed by atoms with Crippen LogP contribution in [0.3, 0.4) is 0 Å². The van der Waals surface area contributed by atoms with Gasteiger partial charge in [-0.05, 0) is 43.4 Å². The molecule has 1 aromatic carbocycles. The second-order valence-electron chi connectivity index (χ2n) is 6.19. The molecule has 1 aliphatic heterocycles. The lowest BCUT2D eigenvalue weighted by Crippen LogP contribution is -2.35. The highest BCUT2D eigenvalue weighted by Crippen LogP contribution is 2.32. The molecular formula is C17H22ClN5. The lowest BCUT2D eigenvalue weighted by molar-refractivity contribution is 0.445. The average molecular weight is 332 g/mol. The molecular weight excluding hydrogens is 310 g/mol. The Morgan fingerprint density at radius 2 is 2.17 bits per heavy atom. The van der Waals surface area contributed by atoms with E-state index < -0.39 is 0 Å². The van der Waals surface area contributed by atoms with E-state index >= 15 is 0 Å². The molecule has 0 bridgehead atoms. The van der Waals surface area contributed by atoms with Gasteiger partial charge in [0.15, 0.2) is 11.6 Å². The van der Waals surface area contributed by atoms with Crippen molar-refractivity contribution in [3.05, 3.63) is 35.1 Å². The number of hydrogen-bond donors (Lipinski definition) is 2. The van der Waals surface area contributed by atoms with Gasteiger partial charge in [0, 0.05) is 23.8 Å². The first kappa shape index (κ1) is 15.9. The number of benzene rings is 1. The van der Waals surface area contributed by atoms with Crippen LogP contribution < -0.4 is 16.0 Å². The second-order valence-corrected chi connectivity index (χ2v) is 6.60. The van der Waals surface area contributed by atoms with Crippen molar-refractivity contribution in [2.45, 2.75) is 26.7 Å². The van der Waals surface area contributed by atoms with Gasteiger partial charge >= 0.3 is 0 Å². The normalized spacial score (nSPS) is 18.0. The van der Waals surface area contributed by atoms with Gasteiger partial charge in [0.1, 0.15) is 12.0 Å². The predicted molar refractivity (Wildman–Crippen MR) is 96.5 cm³/mol. The SMILES string of the molecule is Cc1c(Cl)cccc1Nc1ncnc(N2CCCC(C)C2)c1N. The Morgan fingerprint density at radius 3 is 2.96 bits per heavy atom. The van der Waals surface area contributed by atoms with Gasteiger partial charge < -0.3 is 16.0 Å². The maximum atomic E-state index is 6.33. The molecule has 122 valence electrons. The number of rotatable bonds is 3. The molecule has 1 saturated heterocycles. The molecule has 0 radical (unpaired) electrons. The predicted octanol–water partition coefficient (Wildman–Crippen LogP) is 4.00. The maximum absolute atomic E-state index is 6.33. The molecule has 2 aromatic rings. The zero-order valence-electron chi connectivity index (χ0n) is 13.5. The van der Waals surface area contributed by atoms with Crippen LogP contribution in [0.2, 0.25) is 5.02 Å². The maximum Gasteiger partial charge on any atom is 0.159 e. The van der Waals surface area contributed by atoms with E-state index in [2.05, 4.69) is 27.1 Å². The highest BCUT2D eigenvalue weighted by Gasteiger charge is 2.21. The molecule has 1 aromatic heterocycles.